The number of nitrogens with zero attached hydrogens (tertiary/aromatic N) is 1. The Bertz CT molecular complexity index is 2840. The number of furan rings is 1. The highest BCUT2D eigenvalue weighted by Crippen LogP contribution is 2.44. The molecule has 0 saturated heterocycles. The van der Waals surface area contributed by atoms with Gasteiger partial charge in [-0.3, -0.25) is 0 Å². The molecule has 10 aromatic rings. The maximum absolute atomic E-state index is 6.60. The van der Waals surface area contributed by atoms with Gasteiger partial charge in [0.25, 0.3) is 0 Å². The van der Waals surface area contributed by atoms with Crippen molar-refractivity contribution in [1.82, 2.24) is 0 Å². The Hall–Kier alpha value is -6.16. The number of para-hydroxylation sites is 2. The third-order valence-electron chi connectivity index (χ3n) is 9.65. The van der Waals surface area contributed by atoms with Crippen LogP contribution in [0.25, 0.3) is 75.1 Å². The van der Waals surface area contributed by atoms with Crippen LogP contribution < -0.4 is 4.90 Å². The van der Waals surface area contributed by atoms with Crippen LogP contribution in [0.1, 0.15) is 0 Å². The van der Waals surface area contributed by atoms with Crippen molar-refractivity contribution in [2.24, 2.45) is 0 Å². The smallest absolute Gasteiger partial charge is 0.159 e. The molecule has 0 aliphatic heterocycles. The van der Waals surface area contributed by atoms with Gasteiger partial charge in [0, 0.05) is 42.3 Å². The van der Waals surface area contributed by atoms with Crippen LogP contribution in [0.5, 0.6) is 0 Å². The van der Waals surface area contributed by atoms with Gasteiger partial charge < -0.3 is 9.32 Å². The summed E-state index contributed by atoms with van der Waals surface area (Å²) in [5, 5.41) is 7.34. The second-order valence-corrected chi connectivity index (χ2v) is 13.6. The first kappa shape index (κ1) is 27.9. The number of hydrogen-bond donors (Lipinski definition) is 0. The fourth-order valence-electron chi connectivity index (χ4n) is 7.33. The first-order valence-electron chi connectivity index (χ1n) is 16.6. The lowest BCUT2D eigenvalue weighted by Crippen LogP contribution is -2.10. The van der Waals surface area contributed by atoms with Gasteiger partial charge in [-0.2, -0.15) is 0 Å². The van der Waals surface area contributed by atoms with E-state index >= 15 is 0 Å². The number of fused-ring (bicyclic) bond motifs is 7. The molecule has 49 heavy (non-hydrogen) atoms. The van der Waals surface area contributed by atoms with Crippen molar-refractivity contribution in [2.75, 3.05) is 4.90 Å². The van der Waals surface area contributed by atoms with Gasteiger partial charge in [0.2, 0.25) is 0 Å². The summed E-state index contributed by atoms with van der Waals surface area (Å²) in [6.07, 6.45) is 0. The van der Waals surface area contributed by atoms with E-state index in [0.29, 0.717) is 0 Å². The van der Waals surface area contributed by atoms with Gasteiger partial charge in [-0.25, -0.2) is 0 Å². The first-order valence-corrected chi connectivity index (χ1v) is 17.4. The minimum absolute atomic E-state index is 0.874. The highest BCUT2D eigenvalue weighted by Gasteiger charge is 2.20. The van der Waals surface area contributed by atoms with Gasteiger partial charge in [0.05, 0.1) is 5.69 Å². The minimum Gasteiger partial charge on any atom is -0.454 e. The van der Waals surface area contributed by atoms with E-state index in [1.54, 1.807) is 0 Å². The monoisotopic (exact) mass is 643 g/mol. The van der Waals surface area contributed by atoms with E-state index in [0.717, 1.165) is 44.6 Å². The lowest BCUT2D eigenvalue weighted by atomic mass is 9.98. The zero-order valence-corrected chi connectivity index (χ0v) is 27.3. The number of hydrogen-bond acceptors (Lipinski definition) is 3. The Morgan fingerprint density at radius 3 is 2.04 bits per heavy atom. The maximum atomic E-state index is 6.60. The minimum atomic E-state index is 0.874. The molecule has 230 valence electrons. The molecule has 0 unspecified atom stereocenters. The van der Waals surface area contributed by atoms with Crippen LogP contribution in [-0.4, -0.2) is 0 Å². The highest BCUT2D eigenvalue weighted by atomic mass is 32.1. The Kier molecular flexibility index (Phi) is 6.39. The van der Waals surface area contributed by atoms with Crippen LogP contribution in [0.2, 0.25) is 0 Å². The molecule has 0 aliphatic rings. The summed E-state index contributed by atoms with van der Waals surface area (Å²) in [7, 11) is 0. The molecule has 0 aliphatic carbocycles. The van der Waals surface area contributed by atoms with E-state index in [2.05, 4.69) is 169 Å². The summed E-state index contributed by atoms with van der Waals surface area (Å²) in [5.41, 5.74) is 9.71. The van der Waals surface area contributed by atoms with Crippen LogP contribution in [0, 0.1) is 0 Å². The molecule has 0 N–H and O–H groups in total. The van der Waals surface area contributed by atoms with E-state index in [1.165, 1.54) is 47.6 Å². The van der Waals surface area contributed by atoms with Gasteiger partial charge in [-0.05, 0) is 87.6 Å². The largest absolute Gasteiger partial charge is 0.454 e. The van der Waals surface area contributed by atoms with Crippen LogP contribution in [0.15, 0.2) is 180 Å². The molecule has 0 saturated carbocycles. The van der Waals surface area contributed by atoms with Gasteiger partial charge in [-0.15, -0.1) is 11.3 Å². The molecule has 0 spiro atoms. The van der Waals surface area contributed by atoms with Crippen molar-refractivity contribution in [3.05, 3.63) is 176 Å². The zero-order valence-electron chi connectivity index (χ0n) is 26.5. The molecular weight excluding hydrogens is 615 g/mol. The molecule has 2 nitrogen and oxygen atoms in total. The molecule has 10 rings (SSSR count). The molecule has 3 heteroatoms. The third kappa shape index (κ3) is 4.62. The Balaban J connectivity index is 1.15. The summed E-state index contributed by atoms with van der Waals surface area (Å²) in [5.74, 6) is 0. The predicted octanol–water partition coefficient (Wildman–Crippen LogP) is 13.9. The summed E-state index contributed by atoms with van der Waals surface area (Å²) in [6, 6.07) is 63.2. The summed E-state index contributed by atoms with van der Waals surface area (Å²) in [6.45, 7) is 0. The Morgan fingerprint density at radius 2 is 1.12 bits per heavy atom. The lowest BCUT2D eigenvalue weighted by molar-refractivity contribution is 0.669. The normalized spacial score (nSPS) is 11.7. The van der Waals surface area contributed by atoms with E-state index in [9.17, 15) is 0 Å². The van der Waals surface area contributed by atoms with E-state index < -0.39 is 0 Å². The van der Waals surface area contributed by atoms with Crippen LogP contribution in [0.3, 0.4) is 0 Å². The SMILES string of the molecule is c1cc(-c2ccc3ccccc3c2)cc(N(c2ccc(-c3cccc4sc5ccccc5c34)cc2)c2cccc3c2oc2ccccc23)c1. The molecule has 0 amide bonds. The Labute approximate surface area is 287 Å². The van der Waals surface area contributed by atoms with E-state index in [4.69, 9.17) is 4.42 Å². The predicted molar refractivity (Wildman–Crippen MR) is 210 cm³/mol. The standard InChI is InChI=1S/C46H29NOS/c1-2-11-32-28-34(23-22-30(32)10-1)33-12-7-13-36(29-33)47(41-18-8-17-39-38-14-3-5-19-42(38)48-46(39)41)35-26-24-31(25-27-35)37-16-9-21-44-45(37)40-15-4-6-20-43(40)49-44/h1-29H. The molecule has 0 radical (unpaired) electrons. The fraction of sp³-hybridized carbons (Fsp3) is 0. The van der Waals surface area contributed by atoms with Gasteiger partial charge in [0.1, 0.15) is 5.58 Å². The summed E-state index contributed by atoms with van der Waals surface area (Å²) >= 11 is 1.86. The topological polar surface area (TPSA) is 16.4 Å². The molecule has 2 heterocycles. The summed E-state index contributed by atoms with van der Waals surface area (Å²) in [4.78, 5) is 2.33. The zero-order chi connectivity index (χ0) is 32.3. The van der Waals surface area contributed by atoms with E-state index in [-0.39, 0.29) is 0 Å². The van der Waals surface area contributed by atoms with Gasteiger partial charge in [-0.1, -0.05) is 121 Å². The number of benzene rings is 8. The first-order chi connectivity index (χ1) is 24.3. The molecular formula is C46H29NOS. The van der Waals surface area contributed by atoms with Gasteiger partial charge in [0.15, 0.2) is 5.58 Å². The number of rotatable bonds is 5. The van der Waals surface area contributed by atoms with Crippen molar-refractivity contribution in [2.45, 2.75) is 0 Å². The van der Waals surface area contributed by atoms with Crippen molar-refractivity contribution >= 4 is 81.3 Å². The second-order valence-electron chi connectivity index (χ2n) is 12.5. The van der Waals surface area contributed by atoms with Crippen LogP contribution in [-0.2, 0) is 0 Å². The molecule has 0 fully saturated rings. The van der Waals surface area contributed by atoms with E-state index in [1.807, 2.05) is 23.5 Å². The van der Waals surface area contributed by atoms with Crippen molar-refractivity contribution in [3.63, 3.8) is 0 Å². The van der Waals surface area contributed by atoms with Crippen molar-refractivity contribution < 1.29 is 4.42 Å². The van der Waals surface area contributed by atoms with Crippen LogP contribution >= 0.6 is 11.3 Å². The quantitative estimate of drug-likeness (QED) is 0.186. The Morgan fingerprint density at radius 1 is 0.429 bits per heavy atom. The average Bonchev–Trinajstić information content (AvgIpc) is 3.74. The highest BCUT2D eigenvalue weighted by molar-refractivity contribution is 7.25. The average molecular weight is 644 g/mol. The second kappa shape index (κ2) is 11.2. The number of thiophene rings is 1. The maximum Gasteiger partial charge on any atom is 0.159 e. The number of anilines is 3. The molecule has 2 aromatic heterocycles. The fourth-order valence-corrected chi connectivity index (χ4v) is 8.47. The third-order valence-corrected chi connectivity index (χ3v) is 10.8. The van der Waals surface area contributed by atoms with Gasteiger partial charge >= 0.3 is 0 Å². The van der Waals surface area contributed by atoms with Crippen LogP contribution in [0.4, 0.5) is 17.1 Å². The molecule has 0 bridgehead atoms. The van der Waals surface area contributed by atoms with Crippen molar-refractivity contribution in [3.8, 4) is 22.3 Å². The summed E-state index contributed by atoms with van der Waals surface area (Å²) < 4.78 is 9.23. The molecule has 0 atom stereocenters. The lowest BCUT2D eigenvalue weighted by Gasteiger charge is -2.26. The molecule has 8 aromatic carbocycles. The van der Waals surface area contributed by atoms with Crippen molar-refractivity contribution in [1.29, 1.82) is 0 Å².